The molecule has 0 N–H and O–H groups in total. The summed E-state index contributed by atoms with van der Waals surface area (Å²) in [6.45, 7) is 7.99. The number of hydrogen-bond donors (Lipinski definition) is 0. The first-order valence-corrected chi connectivity index (χ1v) is 8.22. The molecule has 0 nitrogen and oxygen atoms in total. The summed E-state index contributed by atoms with van der Waals surface area (Å²) in [5.41, 5.74) is 7.37. The molecule has 0 aliphatic rings. The summed E-state index contributed by atoms with van der Waals surface area (Å²) in [5, 5.41) is 0. The Bertz CT molecular complexity index is 454. The molecule has 2 aromatic carbocycles. The predicted molar refractivity (Wildman–Crippen MR) is 82.3 cm³/mol. The SMILES string of the molecule is C=C[SiH](C=C)C(c1ccccc1)c1ccccc1. The molecular formula is C17H18Si. The first kappa shape index (κ1) is 12.6. The summed E-state index contributed by atoms with van der Waals surface area (Å²) in [4.78, 5) is 0. The van der Waals surface area contributed by atoms with Gasteiger partial charge < -0.3 is 0 Å². The van der Waals surface area contributed by atoms with Gasteiger partial charge in [0.15, 0.2) is 0 Å². The van der Waals surface area contributed by atoms with E-state index in [1.54, 1.807) is 0 Å². The zero-order chi connectivity index (χ0) is 12.8. The van der Waals surface area contributed by atoms with Crippen molar-refractivity contribution in [1.29, 1.82) is 0 Å². The fourth-order valence-corrected chi connectivity index (χ4v) is 4.40. The summed E-state index contributed by atoms with van der Waals surface area (Å²) < 4.78 is 0. The summed E-state index contributed by atoms with van der Waals surface area (Å²) in [6, 6.07) is 21.3. The lowest BCUT2D eigenvalue weighted by molar-refractivity contribution is 1.11. The molecule has 18 heavy (non-hydrogen) atoms. The molecular weight excluding hydrogens is 232 g/mol. The molecule has 1 heteroatoms. The van der Waals surface area contributed by atoms with Gasteiger partial charge in [0.1, 0.15) is 0 Å². The van der Waals surface area contributed by atoms with Crippen LogP contribution in [0.5, 0.6) is 0 Å². The fraction of sp³-hybridized carbons (Fsp3) is 0.0588. The van der Waals surface area contributed by atoms with Gasteiger partial charge in [-0.15, -0.1) is 13.2 Å². The third-order valence-corrected chi connectivity index (χ3v) is 5.87. The van der Waals surface area contributed by atoms with E-state index < -0.39 is 8.80 Å². The molecule has 90 valence electrons. The van der Waals surface area contributed by atoms with Crippen LogP contribution in [0.15, 0.2) is 85.2 Å². The molecule has 0 aliphatic carbocycles. The molecule has 0 saturated heterocycles. The summed E-state index contributed by atoms with van der Waals surface area (Å²) in [7, 11) is -1.23. The minimum atomic E-state index is -1.23. The van der Waals surface area contributed by atoms with Crippen molar-refractivity contribution >= 4 is 8.80 Å². The van der Waals surface area contributed by atoms with Crippen molar-refractivity contribution in [2.75, 3.05) is 0 Å². The molecule has 0 unspecified atom stereocenters. The smallest absolute Gasteiger partial charge is 0.0960 e. The van der Waals surface area contributed by atoms with Crippen LogP contribution in [0.4, 0.5) is 0 Å². The molecule has 0 heterocycles. The van der Waals surface area contributed by atoms with Gasteiger partial charge in [0.25, 0.3) is 0 Å². The van der Waals surface area contributed by atoms with E-state index in [0.717, 1.165) is 0 Å². The van der Waals surface area contributed by atoms with E-state index in [-0.39, 0.29) is 0 Å². The number of hydrogen-bond acceptors (Lipinski definition) is 0. The Morgan fingerprint density at radius 3 is 1.44 bits per heavy atom. The molecule has 0 aromatic heterocycles. The second kappa shape index (κ2) is 6.17. The van der Waals surface area contributed by atoms with Gasteiger partial charge >= 0.3 is 0 Å². The van der Waals surface area contributed by atoms with Gasteiger partial charge in [-0.1, -0.05) is 72.1 Å². The van der Waals surface area contributed by atoms with Crippen LogP contribution in [0, 0.1) is 0 Å². The molecule has 0 bridgehead atoms. The second-order valence-electron chi connectivity index (χ2n) is 4.35. The third-order valence-electron chi connectivity index (χ3n) is 3.25. The fourth-order valence-electron chi connectivity index (χ4n) is 2.33. The van der Waals surface area contributed by atoms with Crippen LogP contribution >= 0.6 is 0 Å². The average molecular weight is 250 g/mol. The minimum Gasteiger partial charge on any atom is -0.107 e. The Balaban J connectivity index is 2.47. The molecule has 0 saturated carbocycles. The van der Waals surface area contributed by atoms with E-state index in [1.165, 1.54) is 11.1 Å². The molecule has 0 amide bonds. The van der Waals surface area contributed by atoms with Crippen molar-refractivity contribution < 1.29 is 0 Å². The van der Waals surface area contributed by atoms with Crippen LogP contribution in [0.25, 0.3) is 0 Å². The zero-order valence-corrected chi connectivity index (χ0v) is 11.7. The predicted octanol–water partition coefficient (Wildman–Crippen LogP) is 4.04. The van der Waals surface area contributed by atoms with Crippen LogP contribution < -0.4 is 0 Å². The maximum absolute atomic E-state index is 3.99. The maximum Gasteiger partial charge on any atom is 0.0960 e. The lowest BCUT2D eigenvalue weighted by Crippen LogP contribution is -2.20. The topological polar surface area (TPSA) is 0 Å². The third kappa shape index (κ3) is 2.69. The highest BCUT2D eigenvalue weighted by atomic mass is 28.3. The zero-order valence-electron chi connectivity index (χ0n) is 10.5. The van der Waals surface area contributed by atoms with E-state index in [1.807, 2.05) is 0 Å². The van der Waals surface area contributed by atoms with E-state index >= 15 is 0 Å². The first-order valence-electron chi connectivity index (χ1n) is 6.22. The van der Waals surface area contributed by atoms with Crippen LogP contribution in [-0.2, 0) is 0 Å². The Kier molecular flexibility index (Phi) is 4.32. The molecule has 2 rings (SSSR count). The number of rotatable bonds is 5. The summed E-state index contributed by atoms with van der Waals surface area (Å²) >= 11 is 0. The van der Waals surface area contributed by atoms with E-state index in [9.17, 15) is 0 Å². The van der Waals surface area contributed by atoms with Gasteiger partial charge in [0.05, 0.1) is 8.80 Å². The Labute approximate surface area is 111 Å². The van der Waals surface area contributed by atoms with Crippen LogP contribution in [0.2, 0.25) is 0 Å². The van der Waals surface area contributed by atoms with Crippen molar-refractivity contribution in [2.45, 2.75) is 5.54 Å². The maximum atomic E-state index is 3.99. The Morgan fingerprint density at radius 1 is 0.722 bits per heavy atom. The summed E-state index contributed by atoms with van der Waals surface area (Å²) in [5.74, 6) is 0. The number of benzene rings is 2. The van der Waals surface area contributed by atoms with Gasteiger partial charge in [-0.05, 0) is 11.1 Å². The van der Waals surface area contributed by atoms with Crippen molar-refractivity contribution in [2.24, 2.45) is 0 Å². The molecule has 0 fully saturated rings. The first-order chi connectivity index (χ1) is 8.86. The highest BCUT2D eigenvalue weighted by molar-refractivity contribution is 6.71. The van der Waals surface area contributed by atoms with Gasteiger partial charge in [0.2, 0.25) is 0 Å². The molecule has 0 atom stereocenters. The van der Waals surface area contributed by atoms with Crippen LogP contribution in [-0.4, -0.2) is 8.80 Å². The molecule has 0 radical (unpaired) electrons. The van der Waals surface area contributed by atoms with E-state index in [4.69, 9.17) is 0 Å². The van der Waals surface area contributed by atoms with Crippen molar-refractivity contribution in [3.05, 3.63) is 96.3 Å². The Hall–Kier alpha value is -1.86. The summed E-state index contributed by atoms with van der Waals surface area (Å²) in [6.07, 6.45) is 0. The van der Waals surface area contributed by atoms with Crippen molar-refractivity contribution in [3.63, 3.8) is 0 Å². The average Bonchev–Trinajstić information content (AvgIpc) is 2.46. The van der Waals surface area contributed by atoms with Gasteiger partial charge in [0, 0.05) is 5.54 Å². The Morgan fingerprint density at radius 2 is 1.11 bits per heavy atom. The molecule has 0 spiro atoms. The van der Waals surface area contributed by atoms with Gasteiger partial charge in [-0.2, -0.15) is 0 Å². The molecule has 0 aliphatic heterocycles. The van der Waals surface area contributed by atoms with Gasteiger partial charge in [-0.3, -0.25) is 0 Å². The van der Waals surface area contributed by atoms with E-state index in [0.29, 0.717) is 5.54 Å². The van der Waals surface area contributed by atoms with Crippen LogP contribution in [0.1, 0.15) is 16.7 Å². The van der Waals surface area contributed by atoms with Gasteiger partial charge in [-0.25, -0.2) is 0 Å². The lowest BCUT2D eigenvalue weighted by Gasteiger charge is -2.22. The normalized spacial score (nSPS) is 10.6. The second-order valence-corrected chi connectivity index (χ2v) is 7.11. The molecule has 2 aromatic rings. The standard InChI is InChI=1S/C17H18Si/c1-3-18(4-2)17(15-11-7-5-8-12-15)16-13-9-6-10-14-16/h3-14,17-18H,1-2H2. The van der Waals surface area contributed by atoms with Crippen molar-refractivity contribution in [3.8, 4) is 0 Å². The van der Waals surface area contributed by atoms with Crippen molar-refractivity contribution in [1.82, 2.24) is 0 Å². The highest BCUT2D eigenvalue weighted by Crippen LogP contribution is 2.27. The minimum absolute atomic E-state index is 0.433. The lowest BCUT2D eigenvalue weighted by atomic mass is 10.0. The highest BCUT2D eigenvalue weighted by Gasteiger charge is 2.21. The van der Waals surface area contributed by atoms with Crippen LogP contribution in [0.3, 0.4) is 0 Å². The largest absolute Gasteiger partial charge is 0.107 e. The quantitative estimate of drug-likeness (QED) is 0.703. The van der Waals surface area contributed by atoms with E-state index in [2.05, 4.69) is 85.2 Å². The monoisotopic (exact) mass is 250 g/mol.